The lowest BCUT2D eigenvalue weighted by Crippen LogP contribution is -2.30. The first-order valence-corrected chi connectivity index (χ1v) is 11.7. The Morgan fingerprint density at radius 3 is 2.59 bits per heavy atom. The van der Waals surface area contributed by atoms with Gasteiger partial charge >= 0.3 is 0 Å². The number of rotatable bonds is 6. The third-order valence-corrected chi connectivity index (χ3v) is 7.01. The second-order valence-corrected chi connectivity index (χ2v) is 9.58. The van der Waals surface area contributed by atoms with E-state index in [1.54, 1.807) is 38.4 Å². The molecule has 3 aromatic rings. The number of anilines is 1. The topological polar surface area (TPSA) is 82.5 Å². The molecule has 0 N–H and O–H groups in total. The Bertz CT molecular complexity index is 1390. The van der Waals surface area contributed by atoms with Gasteiger partial charge in [0.05, 0.1) is 17.7 Å². The summed E-state index contributed by atoms with van der Waals surface area (Å²) in [6.07, 6.45) is 3.28. The van der Waals surface area contributed by atoms with E-state index >= 15 is 0 Å². The molecule has 2 aromatic heterocycles. The van der Waals surface area contributed by atoms with Crippen molar-refractivity contribution in [1.29, 1.82) is 5.26 Å². The van der Waals surface area contributed by atoms with E-state index in [2.05, 4.69) is 0 Å². The number of carbonyl (C=O) groups excluding carboxylic acids is 1. The number of thioether (sulfide) groups is 1. The number of nitrogens with zero attached hydrogens (tertiary/aromatic N) is 4. The number of hydrogen-bond acceptors (Lipinski definition) is 7. The van der Waals surface area contributed by atoms with Gasteiger partial charge in [0.15, 0.2) is 0 Å². The van der Waals surface area contributed by atoms with E-state index in [1.165, 1.54) is 21.2 Å². The van der Waals surface area contributed by atoms with Gasteiger partial charge in [0.1, 0.15) is 27.5 Å². The number of amides is 1. The largest absolute Gasteiger partial charge is 0.467 e. The van der Waals surface area contributed by atoms with Crippen LogP contribution in [0.3, 0.4) is 0 Å². The maximum atomic E-state index is 13.2. The van der Waals surface area contributed by atoms with Crippen LogP contribution in [-0.4, -0.2) is 26.7 Å². The molecule has 0 bridgehead atoms. The van der Waals surface area contributed by atoms with Crippen molar-refractivity contribution < 1.29 is 9.21 Å². The summed E-state index contributed by atoms with van der Waals surface area (Å²) in [5.41, 5.74) is 1.90. The van der Waals surface area contributed by atoms with Crippen LogP contribution < -0.4 is 10.5 Å². The average Bonchev–Trinajstić information content (AvgIpc) is 3.42. The lowest BCUT2D eigenvalue weighted by atomic mass is 10.0. The molecule has 34 heavy (non-hydrogen) atoms. The molecule has 0 atom stereocenters. The average molecular weight is 491 g/mol. The lowest BCUT2D eigenvalue weighted by Gasteiger charge is -2.26. The summed E-state index contributed by atoms with van der Waals surface area (Å²) in [4.78, 5) is 30.0. The van der Waals surface area contributed by atoms with Crippen molar-refractivity contribution in [3.8, 4) is 6.07 Å². The predicted octanol–water partition coefficient (Wildman–Crippen LogP) is 4.20. The van der Waals surface area contributed by atoms with Crippen LogP contribution >= 0.6 is 24.0 Å². The van der Waals surface area contributed by atoms with E-state index < -0.39 is 0 Å². The van der Waals surface area contributed by atoms with Crippen molar-refractivity contribution in [1.82, 2.24) is 9.47 Å². The Morgan fingerprint density at radius 1 is 1.21 bits per heavy atom. The number of hydrogen-bond donors (Lipinski definition) is 0. The van der Waals surface area contributed by atoms with Gasteiger partial charge in [-0.15, -0.1) is 0 Å². The Kier molecular flexibility index (Phi) is 6.72. The van der Waals surface area contributed by atoms with E-state index in [9.17, 15) is 14.9 Å². The van der Waals surface area contributed by atoms with Gasteiger partial charge < -0.3 is 9.32 Å². The molecule has 0 saturated carbocycles. The molecule has 0 unspecified atom stereocenters. The predicted molar refractivity (Wildman–Crippen MR) is 137 cm³/mol. The highest BCUT2D eigenvalue weighted by Crippen LogP contribution is 2.36. The quantitative estimate of drug-likeness (QED) is 0.378. The number of pyridine rings is 1. The number of furan rings is 1. The Morgan fingerprint density at radius 2 is 1.94 bits per heavy atom. The summed E-state index contributed by atoms with van der Waals surface area (Å²) in [6.45, 7) is 2.51. The van der Waals surface area contributed by atoms with Gasteiger partial charge in [-0.1, -0.05) is 54.3 Å². The molecular weight excluding hydrogens is 468 g/mol. The summed E-state index contributed by atoms with van der Waals surface area (Å²) in [5.74, 6) is 1.00. The number of benzene rings is 1. The highest BCUT2D eigenvalue weighted by molar-refractivity contribution is 8.26. The minimum Gasteiger partial charge on any atom is -0.467 e. The molecule has 1 aliphatic rings. The first-order chi connectivity index (χ1) is 16.3. The maximum Gasteiger partial charge on any atom is 0.270 e. The van der Waals surface area contributed by atoms with Gasteiger partial charge in [0.25, 0.3) is 11.5 Å². The smallest absolute Gasteiger partial charge is 0.270 e. The van der Waals surface area contributed by atoms with Gasteiger partial charge in [0.2, 0.25) is 0 Å². The van der Waals surface area contributed by atoms with E-state index in [1.807, 2.05) is 48.3 Å². The fourth-order valence-corrected chi connectivity index (χ4v) is 5.17. The van der Waals surface area contributed by atoms with E-state index in [4.69, 9.17) is 16.6 Å². The Balaban J connectivity index is 1.79. The van der Waals surface area contributed by atoms with Crippen LogP contribution in [0.25, 0.3) is 6.08 Å². The highest BCUT2D eigenvalue weighted by Gasteiger charge is 2.33. The molecule has 1 aliphatic heterocycles. The van der Waals surface area contributed by atoms with Crippen molar-refractivity contribution in [2.75, 3.05) is 11.9 Å². The fraction of sp³-hybridized carbons (Fsp3) is 0.200. The minimum absolute atomic E-state index is 0.0525. The van der Waals surface area contributed by atoms with E-state index in [0.717, 1.165) is 5.56 Å². The van der Waals surface area contributed by atoms with Crippen LogP contribution in [0.2, 0.25) is 0 Å². The molecule has 1 amide bonds. The van der Waals surface area contributed by atoms with Gasteiger partial charge in [-0.2, -0.15) is 5.26 Å². The monoisotopic (exact) mass is 490 g/mol. The molecule has 172 valence electrons. The van der Waals surface area contributed by atoms with Crippen molar-refractivity contribution in [3.05, 3.63) is 92.0 Å². The van der Waals surface area contributed by atoms with E-state index in [0.29, 0.717) is 38.5 Å². The first kappa shape index (κ1) is 23.5. The minimum atomic E-state index is -0.377. The first-order valence-electron chi connectivity index (χ1n) is 10.5. The summed E-state index contributed by atoms with van der Waals surface area (Å²) < 4.78 is 7.26. The maximum absolute atomic E-state index is 13.2. The molecule has 1 saturated heterocycles. The van der Waals surface area contributed by atoms with Gasteiger partial charge in [-0.05, 0) is 36.3 Å². The van der Waals surface area contributed by atoms with Gasteiger partial charge in [0, 0.05) is 26.2 Å². The van der Waals surface area contributed by atoms with Crippen molar-refractivity contribution >= 4 is 46.1 Å². The van der Waals surface area contributed by atoms with E-state index in [-0.39, 0.29) is 23.6 Å². The van der Waals surface area contributed by atoms with Crippen molar-refractivity contribution in [2.24, 2.45) is 7.05 Å². The third kappa shape index (κ3) is 4.42. The van der Waals surface area contributed by atoms with Crippen LogP contribution in [0.15, 0.2) is 62.8 Å². The Hall–Kier alpha value is -3.61. The molecule has 3 heterocycles. The molecule has 0 aliphatic carbocycles. The van der Waals surface area contributed by atoms with Crippen molar-refractivity contribution in [3.63, 3.8) is 0 Å². The molecular formula is C25H22N4O3S2. The second kappa shape index (κ2) is 9.71. The summed E-state index contributed by atoms with van der Waals surface area (Å²) in [7, 11) is 3.52. The number of thiocarbonyl (C=S) groups is 1. The fourth-order valence-electron chi connectivity index (χ4n) is 3.93. The zero-order chi connectivity index (χ0) is 24.4. The van der Waals surface area contributed by atoms with Crippen LogP contribution in [-0.2, 0) is 24.9 Å². The number of aromatic nitrogens is 1. The summed E-state index contributed by atoms with van der Waals surface area (Å²) >= 11 is 6.64. The number of carbonyl (C=O) groups is 1. The summed E-state index contributed by atoms with van der Waals surface area (Å²) in [6, 6.07) is 15.4. The SMILES string of the molecule is Cc1c(/C=C2\SC(=S)N(Cc3ccco3)C2=O)c(N(C)Cc2ccccc2)n(C)c(=O)c1C#N. The Labute approximate surface area is 206 Å². The summed E-state index contributed by atoms with van der Waals surface area (Å²) in [5, 5.41) is 9.64. The van der Waals surface area contributed by atoms with Gasteiger partial charge in [-0.25, -0.2) is 0 Å². The lowest BCUT2D eigenvalue weighted by molar-refractivity contribution is -0.122. The number of nitriles is 1. The zero-order valence-corrected chi connectivity index (χ0v) is 20.6. The van der Waals surface area contributed by atoms with Crippen LogP contribution in [0.1, 0.15) is 28.0 Å². The van der Waals surface area contributed by atoms with Crippen LogP contribution in [0.4, 0.5) is 5.82 Å². The van der Waals surface area contributed by atoms with Crippen LogP contribution in [0, 0.1) is 18.3 Å². The molecule has 4 rings (SSSR count). The molecule has 9 heteroatoms. The van der Waals surface area contributed by atoms with Crippen molar-refractivity contribution in [2.45, 2.75) is 20.0 Å². The molecule has 0 radical (unpaired) electrons. The normalized spacial score (nSPS) is 14.6. The molecule has 7 nitrogen and oxygen atoms in total. The third-order valence-electron chi connectivity index (χ3n) is 5.64. The standard InChI is InChI=1S/C25H22N4O3S2/c1-16-19(12-21-24(31)29(25(33)34-21)15-18-10-7-11-32-18)22(28(3)23(30)20(16)13-26)27(2)14-17-8-5-4-6-9-17/h4-12H,14-15H2,1-3H3/b21-12-. The molecule has 1 aromatic carbocycles. The second-order valence-electron chi connectivity index (χ2n) is 7.90. The van der Waals surface area contributed by atoms with Crippen LogP contribution in [0.5, 0.6) is 0 Å². The zero-order valence-electron chi connectivity index (χ0n) is 18.9. The molecule has 0 spiro atoms. The highest BCUT2D eigenvalue weighted by atomic mass is 32.2. The van der Waals surface area contributed by atoms with Gasteiger partial charge in [-0.3, -0.25) is 19.1 Å². The molecule has 1 fully saturated rings.